The number of carbonyl (C=O) groups excluding carboxylic acids is 2. The summed E-state index contributed by atoms with van der Waals surface area (Å²) in [5.74, 6) is -0.785. The SMILES string of the molecule is CN1CCN(CCN(C)c2ccc(N/C=C3\C(=O)NC(=O)c4ccc(Br)cc43)cc2)CC1. The summed E-state index contributed by atoms with van der Waals surface area (Å²) in [5.41, 5.74) is 3.54. The molecule has 0 bridgehead atoms. The van der Waals surface area contributed by atoms with Gasteiger partial charge in [-0.2, -0.15) is 0 Å². The second kappa shape index (κ2) is 9.85. The van der Waals surface area contributed by atoms with Crippen LogP contribution in [0.3, 0.4) is 0 Å². The molecule has 2 aliphatic heterocycles. The Kier molecular flexibility index (Phi) is 6.93. The van der Waals surface area contributed by atoms with Crippen molar-refractivity contribution in [2.75, 3.05) is 63.6 Å². The lowest BCUT2D eigenvalue weighted by molar-refractivity contribution is -0.114. The molecule has 0 unspecified atom stereocenters. The van der Waals surface area contributed by atoms with Gasteiger partial charge in [-0.3, -0.25) is 19.8 Å². The van der Waals surface area contributed by atoms with Gasteiger partial charge in [0.2, 0.25) is 0 Å². The number of amides is 2. The van der Waals surface area contributed by atoms with Crippen LogP contribution in [0.4, 0.5) is 11.4 Å². The predicted octanol–water partition coefficient (Wildman–Crippen LogP) is 2.86. The number of nitrogens with one attached hydrogen (secondary N) is 2. The highest BCUT2D eigenvalue weighted by molar-refractivity contribution is 9.10. The number of carbonyl (C=O) groups is 2. The average molecular weight is 498 g/mol. The highest BCUT2D eigenvalue weighted by atomic mass is 79.9. The minimum Gasteiger partial charge on any atom is -0.373 e. The van der Waals surface area contributed by atoms with Crippen molar-refractivity contribution < 1.29 is 9.59 Å². The van der Waals surface area contributed by atoms with E-state index in [0.29, 0.717) is 16.7 Å². The van der Waals surface area contributed by atoms with Crippen LogP contribution in [-0.4, -0.2) is 75.0 Å². The fourth-order valence-corrected chi connectivity index (χ4v) is 4.26. The Bertz CT molecular complexity index is 1030. The van der Waals surface area contributed by atoms with Crippen LogP contribution in [0.2, 0.25) is 0 Å². The van der Waals surface area contributed by atoms with Crippen LogP contribution in [0.5, 0.6) is 0 Å². The van der Waals surface area contributed by atoms with Crippen LogP contribution < -0.4 is 15.5 Å². The summed E-state index contributed by atoms with van der Waals surface area (Å²) in [6.07, 6.45) is 1.65. The van der Waals surface area contributed by atoms with E-state index in [1.165, 1.54) is 0 Å². The molecular formula is C24H28BrN5O2. The van der Waals surface area contributed by atoms with Crippen LogP contribution in [0.25, 0.3) is 5.57 Å². The molecule has 2 heterocycles. The Labute approximate surface area is 197 Å². The van der Waals surface area contributed by atoms with Crippen molar-refractivity contribution in [3.05, 3.63) is 64.3 Å². The highest BCUT2D eigenvalue weighted by Crippen LogP contribution is 2.27. The van der Waals surface area contributed by atoms with E-state index in [-0.39, 0.29) is 5.91 Å². The van der Waals surface area contributed by atoms with E-state index in [1.54, 1.807) is 24.4 Å². The maximum Gasteiger partial charge on any atom is 0.260 e. The maximum atomic E-state index is 12.4. The van der Waals surface area contributed by atoms with E-state index < -0.39 is 5.91 Å². The lowest BCUT2D eigenvalue weighted by Crippen LogP contribution is -2.46. The molecule has 32 heavy (non-hydrogen) atoms. The molecule has 4 rings (SSSR count). The van der Waals surface area contributed by atoms with Crippen molar-refractivity contribution in [3.8, 4) is 0 Å². The Morgan fingerprint density at radius 2 is 1.75 bits per heavy atom. The summed E-state index contributed by atoms with van der Waals surface area (Å²) in [6, 6.07) is 13.4. The van der Waals surface area contributed by atoms with Crippen molar-refractivity contribution in [1.82, 2.24) is 15.1 Å². The quantitative estimate of drug-likeness (QED) is 0.472. The topological polar surface area (TPSA) is 67.9 Å². The number of rotatable bonds is 6. The van der Waals surface area contributed by atoms with Crippen LogP contribution in [-0.2, 0) is 4.79 Å². The second-order valence-corrected chi connectivity index (χ2v) is 9.20. The van der Waals surface area contributed by atoms with E-state index >= 15 is 0 Å². The first-order chi connectivity index (χ1) is 15.4. The van der Waals surface area contributed by atoms with Crippen molar-refractivity contribution in [3.63, 3.8) is 0 Å². The molecule has 2 N–H and O–H groups in total. The molecule has 0 spiro atoms. The normalized spacial score (nSPS) is 18.4. The van der Waals surface area contributed by atoms with E-state index in [0.717, 1.165) is 55.1 Å². The van der Waals surface area contributed by atoms with Crippen molar-refractivity contribution in [1.29, 1.82) is 0 Å². The Hall–Kier alpha value is -2.68. The third-order valence-corrected chi connectivity index (χ3v) is 6.52. The fourth-order valence-electron chi connectivity index (χ4n) is 3.90. The van der Waals surface area contributed by atoms with Gasteiger partial charge in [0.15, 0.2) is 0 Å². The lowest BCUT2D eigenvalue weighted by Gasteiger charge is -2.33. The lowest BCUT2D eigenvalue weighted by atomic mass is 9.95. The minimum absolute atomic E-state index is 0.376. The van der Waals surface area contributed by atoms with Gasteiger partial charge >= 0.3 is 0 Å². The number of hydrogen-bond acceptors (Lipinski definition) is 6. The zero-order valence-electron chi connectivity index (χ0n) is 18.4. The standard InChI is InChI=1S/C24H28BrN5O2/c1-28-9-12-30(13-10-28)14-11-29(2)19-6-4-18(5-7-19)26-16-22-21-15-17(25)3-8-20(21)23(31)27-24(22)32/h3-8,15-16,26H,9-14H2,1-2H3,(H,27,31,32)/b22-16-. The number of imide groups is 1. The van der Waals surface area contributed by atoms with E-state index in [2.05, 4.69) is 67.5 Å². The number of halogens is 1. The first kappa shape index (κ1) is 22.5. The molecule has 7 nitrogen and oxygen atoms in total. The van der Waals surface area contributed by atoms with Gasteiger partial charge in [0.1, 0.15) is 0 Å². The van der Waals surface area contributed by atoms with E-state index in [1.807, 2.05) is 12.1 Å². The highest BCUT2D eigenvalue weighted by Gasteiger charge is 2.27. The third-order valence-electron chi connectivity index (χ3n) is 6.03. The predicted molar refractivity (Wildman–Crippen MR) is 132 cm³/mol. The smallest absolute Gasteiger partial charge is 0.260 e. The third kappa shape index (κ3) is 5.20. The van der Waals surface area contributed by atoms with Gasteiger partial charge in [0, 0.05) is 79.5 Å². The zero-order valence-corrected chi connectivity index (χ0v) is 20.0. The number of nitrogens with zero attached hydrogens (tertiary/aromatic N) is 3. The second-order valence-electron chi connectivity index (χ2n) is 8.29. The summed E-state index contributed by atoms with van der Waals surface area (Å²) in [5, 5.41) is 5.59. The molecule has 2 aliphatic rings. The molecule has 168 valence electrons. The summed E-state index contributed by atoms with van der Waals surface area (Å²) in [7, 11) is 4.28. The number of piperazine rings is 1. The van der Waals surface area contributed by atoms with Crippen LogP contribution >= 0.6 is 15.9 Å². The first-order valence-corrected chi connectivity index (χ1v) is 11.5. The maximum absolute atomic E-state index is 12.4. The van der Waals surface area contributed by atoms with Gasteiger partial charge in [0.05, 0.1) is 5.57 Å². The average Bonchev–Trinajstić information content (AvgIpc) is 2.78. The summed E-state index contributed by atoms with van der Waals surface area (Å²) >= 11 is 3.42. The number of fused-ring (bicyclic) bond motifs is 1. The Balaban J connectivity index is 1.39. The number of anilines is 2. The molecule has 0 radical (unpaired) electrons. The van der Waals surface area contributed by atoms with Crippen molar-refractivity contribution >= 4 is 44.7 Å². The molecule has 0 atom stereocenters. The van der Waals surface area contributed by atoms with Gasteiger partial charge in [-0.25, -0.2) is 0 Å². The van der Waals surface area contributed by atoms with Crippen molar-refractivity contribution in [2.45, 2.75) is 0 Å². The van der Waals surface area contributed by atoms with Crippen LogP contribution in [0.15, 0.2) is 53.1 Å². The number of hydrogen-bond donors (Lipinski definition) is 2. The molecule has 1 fully saturated rings. The van der Waals surface area contributed by atoms with Gasteiger partial charge in [-0.1, -0.05) is 15.9 Å². The summed E-state index contributed by atoms with van der Waals surface area (Å²) in [6.45, 7) is 6.54. The van der Waals surface area contributed by atoms with Crippen LogP contribution in [0.1, 0.15) is 15.9 Å². The zero-order chi connectivity index (χ0) is 22.7. The van der Waals surface area contributed by atoms with Crippen LogP contribution in [0, 0.1) is 0 Å². The summed E-state index contributed by atoms with van der Waals surface area (Å²) in [4.78, 5) is 31.6. The number of likely N-dealkylation sites (N-methyl/N-ethyl adjacent to an activating group) is 2. The van der Waals surface area contributed by atoms with E-state index in [9.17, 15) is 9.59 Å². The monoisotopic (exact) mass is 497 g/mol. The molecule has 0 aliphatic carbocycles. The summed E-state index contributed by atoms with van der Waals surface area (Å²) < 4.78 is 0.814. The first-order valence-electron chi connectivity index (χ1n) is 10.7. The molecule has 0 saturated carbocycles. The van der Waals surface area contributed by atoms with Gasteiger partial charge < -0.3 is 15.1 Å². The Morgan fingerprint density at radius 1 is 1.03 bits per heavy atom. The molecule has 2 aromatic carbocycles. The van der Waals surface area contributed by atoms with E-state index in [4.69, 9.17) is 0 Å². The van der Waals surface area contributed by atoms with Gasteiger partial charge in [0.25, 0.3) is 11.8 Å². The fraction of sp³-hybridized carbons (Fsp3) is 0.333. The largest absolute Gasteiger partial charge is 0.373 e. The Morgan fingerprint density at radius 3 is 2.47 bits per heavy atom. The van der Waals surface area contributed by atoms with Gasteiger partial charge in [-0.05, 0) is 49.5 Å². The minimum atomic E-state index is -0.409. The van der Waals surface area contributed by atoms with Gasteiger partial charge in [-0.15, -0.1) is 0 Å². The molecule has 8 heteroatoms. The van der Waals surface area contributed by atoms with Crippen molar-refractivity contribution in [2.24, 2.45) is 0 Å². The molecule has 2 aromatic rings. The molecule has 0 aromatic heterocycles. The molecule has 1 saturated heterocycles. The number of benzene rings is 2. The molecule has 2 amide bonds. The molecular weight excluding hydrogens is 470 g/mol.